The van der Waals surface area contributed by atoms with Gasteiger partial charge in [0.1, 0.15) is 12.0 Å². The Labute approximate surface area is 109 Å². The van der Waals surface area contributed by atoms with E-state index >= 15 is 0 Å². The Morgan fingerprint density at radius 1 is 1.00 bits per heavy atom. The predicted octanol–water partition coefficient (Wildman–Crippen LogP) is 3.91. The van der Waals surface area contributed by atoms with Crippen molar-refractivity contribution in [1.82, 2.24) is 4.90 Å². The molecule has 0 saturated heterocycles. The Balaban J connectivity index is 2.26. The van der Waals surface area contributed by atoms with E-state index in [1.807, 2.05) is 12.1 Å². The largest absolute Gasteiger partial charge is 0.475 e. The van der Waals surface area contributed by atoms with Crippen LogP contribution in [0.25, 0.3) is 10.8 Å². The van der Waals surface area contributed by atoms with E-state index in [1.165, 1.54) is 10.8 Å². The van der Waals surface area contributed by atoms with Crippen LogP contribution in [0.1, 0.15) is 20.8 Å². The second kappa shape index (κ2) is 5.87. The normalized spacial score (nSPS) is 12.9. The SMILES string of the molecule is CCN(CC)C(C)Oc1cccc2ccccc12. The zero-order valence-corrected chi connectivity index (χ0v) is 11.4. The molecule has 0 fully saturated rings. The molecule has 0 aliphatic heterocycles. The molecule has 2 nitrogen and oxygen atoms in total. The first kappa shape index (κ1) is 12.9. The third-order valence-corrected chi connectivity index (χ3v) is 3.37. The van der Waals surface area contributed by atoms with Gasteiger partial charge in [-0.1, -0.05) is 50.2 Å². The monoisotopic (exact) mass is 243 g/mol. The van der Waals surface area contributed by atoms with Crippen molar-refractivity contribution in [1.29, 1.82) is 0 Å². The lowest BCUT2D eigenvalue weighted by Gasteiger charge is -2.27. The summed E-state index contributed by atoms with van der Waals surface area (Å²) in [7, 11) is 0. The van der Waals surface area contributed by atoms with Crippen LogP contribution in [0.5, 0.6) is 5.75 Å². The highest BCUT2D eigenvalue weighted by atomic mass is 16.5. The summed E-state index contributed by atoms with van der Waals surface area (Å²) >= 11 is 0. The van der Waals surface area contributed by atoms with Crippen molar-refractivity contribution in [3.8, 4) is 5.75 Å². The Bertz CT molecular complexity index is 500. The van der Waals surface area contributed by atoms with Crippen molar-refractivity contribution in [3.63, 3.8) is 0 Å². The minimum Gasteiger partial charge on any atom is -0.475 e. The molecule has 0 aromatic heterocycles. The second-order valence-electron chi connectivity index (χ2n) is 4.42. The number of hydrogen-bond acceptors (Lipinski definition) is 2. The molecule has 0 bridgehead atoms. The third-order valence-electron chi connectivity index (χ3n) is 3.37. The fourth-order valence-electron chi connectivity index (χ4n) is 2.29. The molecule has 2 heteroatoms. The van der Waals surface area contributed by atoms with Crippen LogP contribution in [-0.2, 0) is 0 Å². The zero-order valence-electron chi connectivity index (χ0n) is 11.4. The summed E-state index contributed by atoms with van der Waals surface area (Å²) in [6, 6.07) is 14.5. The van der Waals surface area contributed by atoms with E-state index in [1.54, 1.807) is 0 Å². The van der Waals surface area contributed by atoms with Crippen molar-refractivity contribution in [3.05, 3.63) is 42.5 Å². The molecule has 0 saturated carbocycles. The lowest BCUT2D eigenvalue weighted by Crippen LogP contribution is -2.36. The number of ether oxygens (including phenoxy) is 1. The van der Waals surface area contributed by atoms with Gasteiger partial charge in [0.25, 0.3) is 0 Å². The van der Waals surface area contributed by atoms with Gasteiger partial charge in [-0.15, -0.1) is 0 Å². The molecule has 18 heavy (non-hydrogen) atoms. The van der Waals surface area contributed by atoms with E-state index in [2.05, 4.69) is 56.0 Å². The lowest BCUT2D eigenvalue weighted by atomic mass is 10.1. The van der Waals surface area contributed by atoms with Gasteiger partial charge in [0.15, 0.2) is 0 Å². The summed E-state index contributed by atoms with van der Waals surface area (Å²) in [5.74, 6) is 0.965. The van der Waals surface area contributed by atoms with Crippen LogP contribution >= 0.6 is 0 Å². The number of hydrogen-bond donors (Lipinski definition) is 0. The topological polar surface area (TPSA) is 12.5 Å². The van der Waals surface area contributed by atoms with Crippen LogP contribution in [-0.4, -0.2) is 24.2 Å². The summed E-state index contributed by atoms with van der Waals surface area (Å²) in [5.41, 5.74) is 0. The number of rotatable bonds is 5. The Morgan fingerprint density at radius 2 is 1.67 bits per heavy atom. The van der Waals surface area contributed by atoms with Gasteiger partial charge in [0, 0.05) is 5.39 Å². The molecule has 0 N–H and O–H groups in total. The number of fused-ring (bicyclic) bond motifs is 1. The maximum atomic E-state index is 6.10. The van der Waals surface area contributed by atoms with E-state index in [0.717, 1.165) is 18.8 Å². The average Bonchev–Trinajstić information content (AvgIpc) is 2.40. The van der Waals surface area contributed by atoms with E-state index in [-0.39, 0.29) is 6.23 Å². The van der Waals surface area contributed by atoms with Gasteiger partial charge in [-0.2, -0.15) is 0 Å². The molecule has 1 unspecified atom stereocenters. The molecule has 2 aromatic carbocycles. The Hall–Kier alpha value is -1.54. The summed E-state index contributed by atoms with van der Waals surface area (Å²) in [6.07, 6.45) is 0.103. The van der Waals surface area contributed by atoms with Crippen molar-refractivity contribution >= 4 is 10.8 Å². The summed E-state index contributed by atoms with van der Waals surface area (Å²) < 4.78 is 6.10. The summed E-state index contributed by atoms with van der Waals surface area (Å²) in [6.45, 7) is 8.43. The smallest absolute Gasteiger partial charge is 0.149 e. The molecule has 2 rings (SSSR count). The van der Waals surface area contributed by atoms with E-state index in [0.29, 0.717) is 0 Å². The maximum absolute atomic E-state index is 6.10. The van der Waals surface area contributed by atoms with E-state index in [9.17, 15) is 0 Å². The molecule has 0 radical (unpaired) electrons. The van der Waals surface area contributed by atoms with Gasteiger partial charge < -0.3 is 4.74 Å². The third kappa shape index (κ3) is 2.65. The minimum absolute atomic E-state index is 0.103. The zero-order chi connectivity index (χ0) is 13.0. The van der Waals surface area contributed by atoms with Crippen LogP contribution in [0.15, 0.2) is 42.5 Å². The molecule has 96 valence electrons. The Kier molecular flexibility index (Phi) is 4.21. The van der Waals surface area contributed by atoms with Crippen LogP contribution in [0.3, 0.4) is 0 Å². The highest BCUT2D eigenvalue weighted by Gasteiger charge is 2.12. The second-order valence-corrected chi connectivity index (χ2v) is 4.42. The first-order valence-corrected chi connectivity index (χ1v) is 6.64. The van der Waals surface area contributed by atoms with Gasteiger partial charge in [0.05, 0.1) is 0 Å². The molecule has 0 heterocycles. The maximum Gasteiger partial charge on any atom is 0.149 e. The van der Waals surface area contributed by atoms with Gasteiger partial charge in [-0.05, 0) is 31.5 Å². The molecule has 0 amide bonds. The Morgan fingerprint density at radius 3 is 2.39 bits per heavy atom. The van der Waals surface area contributed by atoms with E-state index in [4.69, 9.17) is 4.74 Å². The fraction of sp³-hybridized carbons (Fsp3) is 0.375. The molecule has 0 aliphatic carbocycles. The van der Waals surface area contributed by atoms with Gasteiger partial charge in [-0.25, -0.2) is 0 Å². The average molecular weight is 243 g/mol. The van der Waals surface area contributed by atoms with Crippen molar-refractivity contribution in [2.75, 3.05) is 13.1 Å². The van der Waals surface area contributed by atoms with Gasteiger partial charge >= 0.3 is 0 Å². The van der Waals surface area contributed by atoms with Gasteiger partial charge in [0.2, 0.25) is 0 Å². The van der Waals surface area contributed by atoms with E-state index < -0.39 is 0 Å². The minimum atomic E-state index is 0.103. The highest BCUT2D eigenvalue weighted by Crippen LogP contribution is 2.26. The molecular weight excluding hydrogens is 222 g/mol. The first-order valence-electron chi connectivity index (χ1n) is 6.64. The van der Waals surface area contributed by atoms with Crippen molar-refractivity contribution in [2.24, 2.45) is 0 Å². The highest BCUT2D eigenvalue weighted by molar-refractivity contribution is 5.88. The molecular formula is C16H21NO. The predicted molar refractivity (Wildman–Crippen MR) is 77.0 cm³/mol. The van der Waals surface area contributed by atoms with Crippen molar-refractivity contribution < 1.29 is 4.74 Å². The van der Waals surface area contributed by atoms with Crippen LogP contribution in [0, 0.1) is 0 Å². The summed E-state index contributed by atoms with van der Waals surface area (Å²) in [5, 5.41) is 2.40. The quantitative estimate of drug-likeness (QED) is 0.738. The molecule has 1 atom stereocenters. The number of benzene rings is 2. The first-order chi connectivity index (χ1) is 8.76. The van der Waals surface area contributed by atoms with Crippen molar-refractivity contribution in [2.45, 2.75) is 27.0 Å². The van der Waals surface area contributed by atoms with Crippen LogP contribution in [0.2, 0.25) is 0 Å². The van der Waals surface area contributed by atoms with Crippen LogP contribution in [0.4, 0.5) is 0 Å². The lowest BCUT2D eigenvalue weighted by molar-refractivity contribution is 0.0493. The molecule has 0 aliphatic rings. The molecule has 2 aromatic rings. The fourth-order valence-corrected chi connectivity index (χ4v) is 2.29. The van der Waals surface area contributed by atoms with Crippen LogP contribution < -0.4 is 4.74 Å². The standard InChI is InChI=1S/C16H21NO/c1-4-17(5-2)13(3)18-16-12-8-10-14-9-6-7-11-15(14)16/h6-13H,4-5H2,1-3H3. The van der Waals surface area contributed by atoms with Gasteiger partial charge in [-0.3, -0.25) is 4.90 Å². The number of nitrogens with zero attached hydrogens (tertiary/aromatic N) is 1. The molecule has 0 spiro atoms. The summed E-state index contributed by atoms with van der Waals surface area (Å²) in [4.78, 5) is 2.29.